The fourth-order valence-electron chi connectivity index (χ4n) is 1.58. The van der Waals surface area contributed by atoms with E-state index in [0.717, 1.165) is 12.0 Å². The summed E-state index contributed by atoms with van der Waals surface area (Å²) in [6.45, 7) is 4.40. The van der Waals surface area contributed by atoms with Crippen molar-refractivity contribution in [3.63, 3.8) is 0 Å². The SMILES string of the molecule is CCNC(=O)NC(=O)C(C)Oc1ccc(CCN)cc1. The van der Waals surface area contributed by atoms with Crippen molar-refractivity contribution >= 4 is 11.9 Å². The molecule has 1 aromatic carbocycles. The van der Waals surface area contributed by atoms with Crippen LogP contribution in [0.1, 0.15) is 19.4 Å². The molecule has 0 spiro atoms. The number of ether oxygens (including phenoxy) is 1. The molecule has 1 atom stereocenters. The molecule has 20 heavy (non-hydrogen) atoms. The van der Waals surface area contributed by atoms with Crippen LogP contribution >= 0.6 is 0 Å². The lowest BCUT2D eigenvalue weighted by Gasteiger charge is -2.14. The van der Waals surface area contributed by atoms with Crippen molar-refractivity contribution in [2.24, 2.45) is 5.73 Å². The van der Waals surface area contributed by atoms with Crippen LogP contribution in [0.4, 0.5) is 4.79 Å². The maximum atomic E-state index is 11.7. The summed E-state index contributed by atoms with van der Waals surface area (Å²) in [6, 6.07) is 6.83. The van der Waals surface area contributed by atoms with E-state index in [9.17, 15) is 9.59 Å². The topological polar surface area (TPSA) is 93.5 Å². The predicted molar refractivity (Wildman–Crippen MR) is 76.5 cm³/mol. The first-order valence-corrected chi connectivity index (χ1v) is 6.61. The highest BCUT2D eigenvalue weighted by Crippen LogP contribution is 2.14. The first-order valence-electron chi connectivity index (χ1n) is 6.61. The smallest absolute Gasteiger partial charge is 0.321 e. The maximum absolute atomic E-state index is 11.7. The molecule has 0 radical (unpaired) electrons. The van der Waals surface area contributed by atoms with Gasteiger partial charge in [0.15, 0.2) is 6.10 Å². The number of urea groups is 1. The molecule has 110 valence electrons. The lowest BCUT2D eigenvalue weighted by atomic mass is 10.1. The van der Waals surface area contributed by atoms with Gasteiger partial charge in [0.1, 0.15) is 5.75 Å². The van der Waals surface area contributed by atoms with Gasteiger partial charge in [-0.25, -0.2) is 4.79 Å². The number of hydrogen-bond donors (Lipinski definition) is 3. The van der Waals surface area contributed by atoms with Crippen molar-refractivity contribution in [1.82, 2.24) is 10.6 Å². The first kappa shape index (κ1) is 16.0. The van der Waals surface area contributed by atoms with E-state index in [1.807, 2.05) is 12.1 Å². The average Bonchev–Trinajstić information content (AvgIpc) is 2.41. The Balaban J connectivity index is 2.50. The van der Waals surface area contributed by atoms with Crippen LogP contribution in [0.2, 0.25) is 0 Å². The second-order valence-electron chi connectivity index (χ2n) is 4.29. The van der Waals surface area contributed by atoms with Crippen molar-refractivity contribution in [1.29, 1.82) is 0 Å². The summed E-state index contributed by atoms with van der Waals surface area (Å²) in [7, 11) is 0. The third-order valence-corrected chi connectivity index (χ3v) is 2.61. The largest absolute Gasteiger partial charge is 0.481 e. The Labute approximate surface area is 118 Å². The summed E-state index contributed by atoms with van der Waals surface area (Å²) < 4.78 is 5.46. The van der Waals surface area contributed by atoms with Gasteiger partial charge < -0.3 is 15.8 Å². The molecule has 0 aromatic heterocycles. The lowest BCUT2D eigenvalue weighted by Crippen LogP contribution is -2.45. The van der Waals surface area contributed by atoms with Gasteiger partial charge in [-0.15, -0.1) is 0 Å². The van der Waals surface area contributed by atoms with E-state index in [-0.39, 0.29) is 0 Å². The van der Waals surface area contributed by atoms with Crippen molar-refractivity contribution in [3.05, 3.63) is 29.8 Å². The minimum absolute atomic E-state index is 0.455. The standard InChI is InChI=1S/C14H21N3O3/c1-3-16-14(19)17-13(18)10(2)20-12-6-4-11(5-7-12)8-9-15/h4-7,10H,3,8-9,15H2,1-2H3,(H2,16,17,18,19). The van der Waals surface area contributed by atoms with Crippen LogP contribution in [-0.4, -0.2) is 31.1 Å². The Morgan fingerprint density at radius 1 is 1.30 bits per heavy atom. The Morgan fingerprint density at radius 3 is 2.50 bits per heavy atom. The monoisotopic (exact) mass is 279 g/mol. The molecule has 1 unspecified atom stereocenters. The van der Waals surface area contributed by atoms with Gasteiger partial charge in [-0.3, -0.25) is 10.1 Å². The van der Waals surface area contributed by atoms with Gasteiger partial charge in [0, 0.05) is 6.54 Å². The third kappa shape index (κ3) is 5.27. The zero-order valence-corrected chi connectivity index (χ0v) is 11.8. The van der Waals surface area contributed by atoms with E-state index < -0.39 is 18.0 Å². The highest BCUT2D eigenvalue weighted by Gasteiger charge is 2.16. The highest BCUT2D eigenvalue weighted by molar-refractivity contribution is 5.96. The fourth-order valence-corrected chi connectivity index (χ4v) is 1.58. The molecular formula is C14H21N3O3. The molecule has 0 bridgehead atoms. The predicted octanol–water partition coefficient (Wildman–Crippen LogP) is 0.801. The summed E-state index contributed by atoms with van der Waals surface area (Å²) in [6.07, 6.45) is 0.0472. The summed E-state index contributed by atoms with van der Waals surface area (Å²) in [4.78, 5) is 22.9. The van der Waals surface area contributed by atoms with E-state index in [2.05, 4.69) is 10.6 Å². The van der Waals surface area contributed by atoms with Gasteiger partial charge >= 0.3 is 6.03 Å². The normalized spacial score (nSPS) is 11.6. The van der Waals surface area contributed by atoms with Gasteiger partial charge in [0.2, 0.25) is 0 Å². The molecular weight excluding hydrogens is 258 g/mol. The maximum Gasteiger partial charge on any atom is 0.321 e. The molecule has 0 saturated carbocycles. The minimum atomic E-state index is -0.752. The number of carbonyl (C=O) groups is 2. The second-order valence-corrected chi connectivity index (χ2v) is 4.29. The lowest BCUT2D eigenvalue weighted by molar-refractivity contribution is -0.126. The van der Waals surface area contributed by atoms with Crippen molar-refractivity contribution in [2.75, 3.05) is 13.1 Å². The Kier molecular flexibility index (Phi) is 6.52. The van der Waals surface area contributed by atoms with Crippen LogP contribution in [-0.2, 0) is 11.2 Å². The summed E-state index contributed by atoms with van der Waals surface area (Å²) >= 11 is 0. The van der Waals surface area contributed by atoms with Gasteiger partial charge in [-0.2, -0.15) is 0 Å². The third-order valence-electron chi connectivity index (χ3n) is 2.61. The number of nitrogens with one attached hydrogen (secondary N) is 2. The highest BCUT2D eigenvalue weighted by atomic mass is 16.5. The van der Waals surface area contributed by atoms with E-state index >= 15 is 0 Å². The number of hydrogen-bond acceptors (Lipinski definition) is 4. The van der Waals surface area contributed by atoms with Crippen LogP contribution in [0.5, 0.6) is 5.75 Å². The van der Waals surface area contributed by atoms with E-state index in [4.69, 9.17) is 10.5 Å². The summed E-state index contributed by atoms with van der Waals surface area (Å²) in [5.74, 6) is 0.0892. The van der Waals surface area contributed by atoms with Crippen LogP contribution in [0.3, 0.4) is 0 Å². The molecule has 0 heterocycles. The molecule has 0 aliphatic carbocycles. The average molecular weight is 279 g/mol. The van der Waals surface area contributed by atoms with Crippen LogP contribution in [0.15, 0.2) is 24.3 Å². The zero-order valence-electron chi connectivity index (χ0n) is 11.8. The number of rotatable bonds is 6. The molecule has 0 saturated heterocycles. The molecule has 3 amide bonds. The fraction of sp³-hybridized carbons (Fsp3) is 0.429. The van der Waals surface area contributed by atoms with Crippen molar-refractivity contribution in [3.8, 4) is 5.75 Å². The molecule has 1 rings (SSSR count). The zero-order chi connectivity index (χ0) is 15.0. The van der Waals surface area contributed by atoms with Crippen LogP contribution in [0.25, 0.3) is 0 Å². The second kappa shape index (κ2) is 8.16. The molecule has 6 heteroatoms. The molecule has 6 nitrogen and oxygen atoms in total. The Morgan fingerprint density at radius 2 is 1.95 bits per heavy atom. The first-order chi connectivity index (χ1) is 9.56. The molecule has 0 aliphatic rings. The van der Waals surface area contributed by atoms with E-state index in [1.165, 1.54) is 0 Å². The Hall–Kier alpha value is -2.08. The molecule has 0 fully saturated rings. The number of imide groups is 1. The van der Waals surface area contributed by atoms with Crippen LogP contribution < -0.4 is 21.1 Å². The van der Waals surface area contributed by atoms with Gasteiger partial charge in [0.25, 0.3) is 5.91 Å². The minimum Gasteiger partial charge on any atom is -0.481 e. The molecule has 4 N–H and O–H groups in total. The number of carbonyl (C=O) groups excluding carboxylic acids is 2. The summed E-state index contributed by atoms with van der Waals surface area (Å²) in [5, 5.41) is 4.68. The van der Waals surface area contributed by atoms with Gasteiger partial charge in [-0.05, 0) is 44.5 Å². The molecule has 1 aromatic rings. The van der Waals surface area contributed by atoms with Crippen LogP contribution in [0, 0.1) is 0 Å². The summed E-state index contributed by atoms with van der Waals surface area (Å²) in [5.41, 5.74) is 6.58. The van der Waals surface area contributed by atoms with Gasteiger partial charge in [0.05, 0.1) is 0 Å². The van der Waals surface area contributed by atoms with E-state index in [0.29, 0.717) is 18.8 Å². The van der Waals surface area contributed by atoms with E-state index in [1.54, 1.807) is 26.0 Å². The molecule has 0 aliphatic heterocycles. The van der Waals surface area contributed by atoms with Crippen molar-refractivity contribution in [2.45, 2.75) is 26.4 Å². The number of nitrogens with two attached hydrogens (primary N) is 1. The Bertz CT molecular complexity index is 445. The van der Waals surface area contributed by atoms with Gasteiger partial charge in [-0.1, -0.05) is 12.1 Å². The van der Waals surface area contributed by atoms with Crippen molar-refractivity contribution < 1.29 is 14.3 Å². The number of benzene rings is 1. The quantitative estimate of drug-likeness (QED) is 0.718. The number of amides is 3.